The zero-order valence-electron chi connectivity index (χ0n) is 13.6. The fourth-order valence-electron chi connectivity index (χ4n) is 2.15. The average Bonchev–Trinajstić information content (AvgIpc) is 2.96. The molecule has 2 aromatic rings. The first-order valence-corrected chi connectivity index (χ1v) is 9.11. The van der Waals surface area contributed by atoms with Gasteiger partial charge >= 0.3 is 0 Å². The minimum atomic E-state index is -3.84. The van der Waals surface area contributed by atoms with Crippen LogP contribution in [0, 0.1) is 12.7 Å². The molecule has 1 unspecified atom stereocenters. The third kappa shape index (κ3) is 4.41. The predicted molar refractivity (Wildman–Crippen MR) is 87.6 cm³/mol. The van der Waals surface area contributed by atoms with E-state index < -0.39 is 26.8 Å². The van der Waals surface area contributed by atoms with Gasteiger partial charge in [0.25, 0.3) is 0 Å². The summed E-state index contributed by atoms with van der Waals surface area (Å²) in [5.74, 6) is -1.10. The van der Waals surface area contributed by atoms with Gasteiger partial charge in [-0.2, -0.15) is 5.10 Å². The van der Waals surface area contributed by atoms with Crippen molar-refractivity contribution in [3.8, 4) is 0 Å². The Labute approximate surface area is 140 Å². The standard InChI is InChI=1S/C16H20FN3O3S/c1-12-10-19-20(11-12)9-3-8-18-16(21)13(2)24(22,23)15-6-4-14(17)5-7-15/h4-7,10-11,13H,3,8-9H2,1-2H3,(H,18,21). The highest BCUT2D eigenvalue weighted by Crippen LogP contribution is 2.16. The van der Waals surface area contributed by atoms with Gasteiger partial charge in [-0.1, -0.05) is 0 Å². The van der Waals surface area contributed by atoms with Gasteiger partial charge in [-0.15, -0.1) is 0 Å². The average molecular weight is 353 g/mol. The molecule has 2 rings (SSSR count). The van der Waals surface area contributed by atoms with Crippen molar-refractivity contribution in [1.29, 1.82) is 0 Å². The Balaban J connectivity index is 1.87. The molecule has 1 N–H and O–H groups in total. The number of carbonyl (C=O) groups excluding carboxylic acids is 1. The van der Waals surface area contributed by atoms with Crippen LogP contribution in [0.3, 0.4) is 0 Å². The molecule has 0 spiro atoms. The molecule has 24 heavy (non-hydrogen) atoms. The number of hydrogen-bond acceptors (Lipinski definition) is 4. The fourth-order valence-corrected chi connectivity index (χ4v) is 3.44. The molecule has 1 atom stereocenters. The van der Waals surface area contributed by atoms with Gasteiger partial charge in [0.1, 0.15) is 11.1 Å². The number of hydrogen-bond donors (Lipinski definition) is 1. The molecule has 1 aromatic heterocycles. The molecule has 0 saturated carbocycles. The molecule has 8 heteroatoms. The molecule has 6 nitrogen and oxygen atoms in total. The topological polar surface area (TPSA) is 81.1 Å². The van der Waals surface area contributed by atoms with Gasteiger partial charge in [0.05, 0.1) is 11.1 Å². The summed E-state index contributed by atoms with van der Waals surface area (Å²) in [5.41, 5.74) is 1.05. The normalized spacial score (nSPS) is 12.8. The minimum absolute atomic E-state index is 0.0708. The summed E-state index contributed by atoms with van der Waals surface area (Å²) in [4.78, 5) is 12.0. The van der Waals surface area contributed by atoms with Crippen LogP contribution in [0.1, 0.15) is 18.9 Å². The van der Waals surface area contributed by atoms with Crippen molar-refractivity contribution in [1.82, 2.24) is 15.1 Å². The molecule has 1 aromatic carbocycles. The van der Waals surface area contributed by atoms with E-state index in [0.29, 0.717) is 19.5 Å². The number of nitrogens with one attached hydrogen (secondary N) is 1. The van der Waals surface area contributed by atoms with Crippen LogP contribution in [0.25, 0.3) is 0 Å². The van der Waals surface area contributed by atoms with Crippen molar-refractivity contribution >= 4 is 15.7 Å². The van der Waals surface area contributed by atoms with Crippen LogP contribution in [0.15, 0.2) is 41.6 Å². The number of carbonyl (C=O) groups is 1. The summed E-state index contributed by atoms with van der Waals surface area (Å²) in [6.45, 7) is 4.24. The van der Waals surface area contributed by atoms with E-state index in [9.17, 15) is 17.6 Å². The maximum atomic E-state index is 12.9. The maximum Gasteiger partial charge on any atom is 0.238 e. The first-order valence-electron chi connectivity index (χ1n) is 7.57. The Kier molecular flexibility index (Phi) is 5.71. The molecule has 1 heterocycles. The summed E-state index contributed by atoms with van der Waals surface area (Å²) in [6, 6.07) is 4.44. The Hall–Kier alpha value is -2.22. The van der Waals surface area contributed by atoms with Gasteiger partial charge in [-0.25, -0.2) is 12.8 Å². The Morgan fingerprint density at radius 1 is 1.33 bits per heavy atom. The molecule has 0 aliphatic carbocycles. The number of nitrogens with zero attached hydrogens (tertiary/aromatic N) is 2. The smallest absolute Gasteiger partial charge is 0.238 e. The third-order valence-corrected chi connectivity index (χ3v) is 5.68. The molecule has 0 radical (unpaired) electrons. The van der Waals surface area contributed by atoms with Crippen LogP contribution in [0.5, 0.6) is 0 Å². The molecule has 0 aliphatic rings. The number of rotatable bonds is 7. The van der Waals surface area contributed by atoms with Crippen LogP contribution in [0.4, 0.5) is 4.39 Å². The van der Waals surface area contributed by atoms with Crippen LogP contribution in [0.2, 0.25) is 0 Å². The van der Waals surface area contributed by atoms with Crippen LogP contribution >= 0.6 is 0 Å². The molecular weight excluding hydrogens is 333 g/mol. The van der Waals surface area contributed by atoms with E-state index in [0.717, 1.165) is 29.8 Å². The predicted octanol–water partition coefficient (Wildman–Crippen LogP) is 1.70. The molecule has 130 valence electrons. The lowest BCUT2D eigenvalue weighted by molar-refractivity contribution is -0.120. The lowest BCUT2D eigenvalue weighted by atomic mass is 10.3. The van der Waals surface area contributed by atoms with Crippen molar-refractivity contribution in [2.45, 2.75) is 37.0 Å². The largest absolute Gasteiger partial charge is 0.355 e. The van der Waals surface area contributed by atoms with E-state index in [1.807, 2.05) is 13.1 Å². The number of amides is 1. The van der Waals surface area contributed by atoms with Crippen LogP contribution in [-0.4, -0.2) is 35.9 Å². The third-order valence-electron chi connectivity index (χ3n) is 3.60. The summed E-state index contributed by atoms with van der Waals surface area (Å²) in [5, 5.41) is 5.50. The zero-order chi connectivity index (χ0) is 17.7. The van der Waals surface area contributed by atoms with Crippen LogP contribution in [-0.2, 0) is 21.2 Å². The van der Waals surface area contributed by atoms with E-state index in [1.165, 1.54) is 6.92 Å². The monoisotopic (exact) mass is 353 g/mol. The van der Waals surface area contributed by atoms with Gasteiger partial charge in [-0.05, 0) is 50.1 Å². The number of benzene rings is 1. The molecule has 0 bridgehead atoms. The fraction of sp³-hybridized carbons (Fsp3) is 0.375. The lowest BCUT2D eigenvalue weighted by Gasteiger charge is -2.13. The van der Waals surface area contributed by atoms with Crippen LogP contribution < -0.4 is 5.32 Å². The quantitative estimate of drug-likeness (QED) is 0.607. The second-order valence-corrected chi connectivity index (χ2v) is 7.84. The Morgan fingerprint density at radius 2 is 2.00 bits per heavy atom. The van der Waals surface area contributed by atoms with Crippen molar-refractivity contribution in [3.63, 3.8) is 0 Å². The Bertz CT molecular complexity index is 800. The Morgan fingerprint density at radius 3 is 2.58 bits per heavy atom. The highest BCUT2D eigenvalue weighted by molar-refractivity contribution is 7.92. The van der Waals surface area contributed by atoms with E-state index in [1.54, 1.807) is 10.9 Å². The second-order valence-electron chi connectivity index (χ2n) is 5.57. The van der Waals surface area contributed by atoms with Gasteiger partial charge in [0.15, 0.2) is 9.84 Å². The number of halogens is 1. The molecule has 1 amide bonds. The summed E-state index contributed by atoms with van der Waals surface area (Å²) in [7, 11) is -3.84. The van der Waals surface area contributed by atoms with Gasteiger partial charge in [-0.3, -0.25) is 9.48 Å². The second kappa shape index (κ2) is 7.57. The van der Waals surface area contributed by atoms with Gasteiger partial charge in [0.2, 0.25) is 5.91 Å². The highest BCUT2D eigenvalue weighted by Gasteiger charge is 2.29. The lowest BCUT2D eigenvalue weighted by Crippen LogP contribution is -2.38. The zero-order valence-corrected chi connectivity index (χ0v) is 14.4. The molecule has 0 saturated heterocycles. The molecule has 0 fully saturated rings. The van der Waals surface area contributed by atoms with Gasteiger partial charge < -0.3 is 5.32 Å². The number of aryl methyl sites for hydroxylation is 2. The van der Waals surface area contributed by atoms with E-state index in [-0.39, 0.29) is 4.90 Å². The molecular formula is C16H20FN3O3S. The number of sulfone groups is 1. The first kappa shape index (κ1) is 18.1. The van der Waals surface area contributed by atoms with E-state index in [2.05, 4.69) is 10.4 Å². The summed E-state index contributed by atoms with van der Waals surface area (Å²) < 4.78 is 39.4. The summed E-state index contributed by atoms with van der Waals surface area (Å²) >= 11 is 0. The van der Waals surface area contributed by atoms with E-state index in [4.69, 9.17) is 0 Å². The van der Waals surface area contributed by atoms with E-state index >= 15 is 0 Å². The summed E-state index contributed by atoms with van der Waals surface area (Å²) in [6.07, 6.45) is 4.27. The number of aromatic nitrogens is 2. The molecule has 0 aliphatic heterocycles. The van der Waals surface area contributed by atoms with Crippen molar-refractivity contribution < 1.29 is 17.6 Å². The van der Waals surface area contributed by atoms with Crippen molar-refractivity contribution in [3.05, 3.63) is 48.0 Å². The first-order chi connectivity index (χ1) is 11.3. The minimum Gasteiger partial charge on any atom is -0.355 e. The van der Waals surface area contributed by atoms with Gasteiger partial charge in [0, 0.05) is 19.3 Å². The SMILES string of the molecule is Cc1cnn(CCCNC(=O)C(C)S(=O)(=O)c2ccc(F)cc2)c1. The highest BCUT2D eigenvalue weighted by atomic mass is 32.2. The van der Waals surface area contributed by atoms with Crippen molar-refractivity contribution in [2.24, 2.45) is 0 Å². The van der Waals surface area contributed by atoms with Crippen molar-refractivity contribution in [2.75, 3.05) is 6.54 Å². The maximum absolute atomic E-state index is 12.9.